The van der Waals surface area contributed by atoms with E-state index in [2.05, 4.69) is 50.2 Å². The minimum absolute atomic E-state index is 0. The molecule has 3 heteroatoms. The smallest absolute Gasteiger partial charge is 0.122 e. The molecule has 0 aliphatic rings. The third kappa shape index (κ3) is 3.98. The van der Waals surface area contributed by atoms with Crippen LogP contribution in [0.25, 0.3) is 11.1 Å². The van der Waals surface area contributed by atoms with Crippen molar-refractivity contribution in [3.05, 3.63) is 53.6 Å². The van der Waals surface area contributed by atoms with Crippen molar-refractivity contribution >= 4 is 12.4 Å². The Morgan fingerprint density at radius 1 is 1.00 bits per heavy atom. The lowest BCUT2D eigenvalue weighted by atomic mass is 10.0. The summed E-state index contributed by atoms with van der Waals surface area (Å²) in [5.41, 5.74) is 10.3. The first kappa shape index (κ1) is 15.5. The highest BCUT2D eigenvalue weighted by molar-refractivity contribution is 5.85. The highest BCUT2D eigenvalue weighted by Gasteiger charge is 2.03. The van der Waals surface area contributed by atoms with Gasteiger partial charge in [0.25, 0.3) is 0 Å². The molecule has 0 radical (unpaired) electrons. The zero-order valence-electron chi connectivity index (χ0n) is 11.3. The van der Waals surface area contributed by atoms with Crippen LogP contribution in [0.1, 0.15) is 11.1 Å². The first-order valence-electron chi connectivity index (χ1n) is 6.21. The van der Waals surface area contributed by atoms with Gasteiger partial charge >= 0.3 is 0 Å². The summed E-state index contributed by atoms with van der Waals surface area (Å²) in [5.74, 6) is 0.914. The van der Waals surface area contributed by atoms with Gasteiger partial charge in [-0.25, -0.2) is 0 Å². The summed E-state index contributed by atoms with van der Waals surface area (Å²) < 4.78 is 5.58. The molecule has 102 valence electrons. The van der Waals surface area contributed by atoms with Crippen molar-refractivity contribution in [2.24, 2.45) is 5.73 Å². The van der Waals surface area contributed by atoms with Gasteiger partial charge in [-0.15, -0.1) is 12.4 Å². The number of benzene rings is 2. The Kier molecular flexibility index (Phi) is 5.87. The van der Waals surface area contributed by atoms with Crippen molar-refractivity contribution in [3.63, 3.8) is 0 Å². The highest BCUT2D eigenvalue weighted by Crippen LogP contribution is 2.26. The van der Waals surface area contributed by atoms with E-state index in [4.69, 9.17) is 10.5 Å². The number of nitrogens with two attached hydrogens (primary N) is 1. The predicted molar refractivity (Wildman–Crippen MR) is 83.1 cm³/mol. The van der Waals surface area contributed by atoms with Crippen LogP contribution in [0.2, 0.25) is 0 Å². The number of hydrogen-bond acceptors (Lipinski definition) is 2. The van der Waals surface area contributed by atoms with Crippen LogP contribution < -0.4 is 10.5 Å². The van der Waals surface area contributed by atoms with Crippen molar-refractivity contribution in [1.29, 1.82) is 0 Å². The van der Waals surface area contributed by atoms with Crippen molar-refractivity contribution < 1.29 is 4.74 Å². The molecule has 2 N–H and O–H groups in total. The van der Waals surface area contributed by atoms with Gasteiger partial charge in [-0.05, 0) is 42.7 Å². The molecule has 2 aromatic rings. The van der Waals surface area contributed by atoms with Crippen LogP contribution in [0.4, 0.5) is 0 Å². The van der Waals surface area contributed by atoms with Gasteiger partial charge in [0.1, 0.15) is 12.4 Å². The van der Waals surface area contributed by atoms with E-state index in [-0.39, 0.29) is 12.4 Å². The summed E-state index contributed by atoms with van der Waals surface area (Å²) >= 11 is 0. The molecule has 2 rings (SSSR count). The number of halogens is 1. The van der Waals surface area contributed by atoms with E-state index in [0.717, 1.165) is 11.3 Å². The monoisotopic (exact) mass is 277 g/mol. The summed E-state index contributed by atoms with van der Waals surface area (Å²) in [4.78, 5) is 0. The van der Waals surface area contributed by atoms with Crippen LogP contribution in [-0.2, 0) is 0 Å². The maximum absolute atomic E-state index is 5.58. The lowest BCUT2D eigenvalue weighted by molar-refractivity contribution is 0.326. The fourth-order valence-corrected chi connectivity index (χ4v) is 1.98. The number of aryl methyl sites for hydroxylation is 2. The molecule has 0 amide bonds. The Balaban J connectivity index is 0.00000180. The van der Waals surface area contributed by atoms with Gasteiger partial charge < -0.3 is 10.5 Å². The normalized spacial score (nSPS) is 9.84. The van der Waals surface area contributed by atoms with Crippen LogP contribution in [0.5, 0.6) is 5.75 Å². The molecule has 0 aliphatic heterocycles. The Labute approximate surface area is 121 Å². The Bertz CT molecular complexity index is 540. The van der Waals surface area contributed by atoms with Crippen molar-refractivity contribution in [2.45, 2.75) is 13.8 Å². The van der Waals surface area contributed by atoms with Crippen LogP contribution in [0, 0.1) is 13.8 Å². The van der Waals surface area contributed by atoms with Gasteiger partial charge in [0.05, 0.1) is 0 Å². The maximum atomic E-state index is 5.58. The van der Waals surface area contributed by atoms with Crippen LogP contribution in [0.3, 0.4) is 0 Å². The first-order valence-corrected chi connectivity index (χ1v) is 6.21. The van der Waals surface area contributed by atoms with E-state index in [1.165, 1.54) is 16.7 Å². The molecule has 0 spiro atoms. The van der Waals surface area contributed by atoms with Gasteiger partial charge in [0.2, 0.25) is 0 Å². The molecule has 19 heavy (non-hydrogen) atoms. The second kappa shape index (κ2) is 7.17. The molecular formula is C16H20ClNO. The Hall–Kier alpha value is -1.51. The van der Waals surface area contributed by atoms with Gasteiger partial charge in [-0.2, -0.15) is 0 Å². The summed E-state index contributed by atoms with van der Waals surface area (Å²) in [7, 11) is 0. The minimum Gasteiger partial charge on any atom is -0.492 e. The van der Waals surface area contributed by atoms with E-state index in [1.54, 1.807) is 0 Å². The van der Waals surface area contributed by atoms with Gasteiger partial charge in [-0.1, -0.05) is 35.9 Å². The molecule has 0 atom stereocenters. The number of hydrogen-bond donors (Lipinski definition) is 1. The quantitative estimate of drug-likeness (QED) is 0.924. The fourth-order valence-electron chi connectivity index (χ4n) is 1.98. The van der Waals surface area contributed by atoms with E-state index < -0.39 is 0 Å². The fraction of sp³-hybridized carbons (Fsp3) is 0.250. The number of ether oxygens (including phenoxy) is 1. The topological polar surface area (TPSA) is 35.2 Å². The molecular weight excluding hydrogens is 258 g/mol. The van der Waals surface area contributed by atoms with Gasteiger partial charge in [-0.3, -0.25) is 0 Å². The zero-order chi connectivity index (χ0) is 13.0. The largest absolute Gasteiger partial charge is 0.492 e. The van der Waals surface area contributed by atoms with Crippen LogP contribution >= 0.6 is 12.4 Å². The molecule has 0 unspecified atom stereocenters. The lowest BCUT2D eigenvalue weighted by Gasteiger charge is -2.10. The van der Waals surface area contributed by atoms with Gasteiger partial charge in [0, 0.05) is 6.54 Å². The summed E-state index contributed by atoms with van der Waals surface area (Å²) in [6.07, 6.45) is 0. The van der Waals surface area contributed by atoms with Crippen molar-refractivity contribution in [1.82, 2.24) is 0 Å². The van der Waals surface area contributed by atoms with E-state index in [1.807, 2.05) is 6.07 Å². The predicted octanol–water partition coefficient (Wildman–Crippen LogP) is 3.73. The second-order valence-corrected chi connectivity index (χ2v) is 4.49. The minimum atomic E-state index is 0. The van der Waals surface area contributed by atoms with Crippen LogP contribution in [0.15, 0.2) is 42.5 Å². The molecule has 2 nitrogen and oxygen atoms in total. The van der Waals surface area contributed by atoms with E-state index >= 15 is 0 Å². The lowest BCUT2D eigenvalue weighted by Crippen LogP contribution is -2.11. The summed E-state index contributed by atoms with van der Waals surface area (Å²) in [5, 5.41) is 0. The highest BCUT2D eigenvalue weighted by atomic mass is 35.5. The summed E-state index contributed by atoms with van der Waals surface area (Å²) in [6.45, 7) is 5.27. The number of rotatable bonds is 4. The third-order valence-corrected chi connectivity index (χ3v) is 2.90. The SMILES string of the molecule is Cc1cccc(-c2ccc(OCCN)c(C)c2)c1.Cl. The Morgan fingerprint density at radius 3 is 2.37 bits per heavy atom. The molecule has 0 fully saturated rings. The second-order valence-electron chi connectivity index (χ2n) is 4.49. The van der Waals surface area contributed by atoms with Crippen molar-refractivity contribution in [3.8, 4) is 16.9 Å². The first-order chi connectivity index (χ1) is 8.70. The molecule has 0 saturated heterocycles. The third-order valence-electron chi connectivity index (χ3n) is 2.90. The van der Waals surface area contributed by atoms with Crippen LogP contribution in [-0.4, -0.2) is 13.2 Å². The molecule has 0 heterocycles. The maximum Gasteiger partial charge on any atom is 0.122 e. The molecule has 0 bridgehead atoms. The molecule has 0 aliphatic carbocycles. The average Bonchev–Trinajstić information content (AvgIpc) is 2.37. The standard InChI is InChI=1S/C16H19NO.ClH/c1-12-4-3-5-14(10-12)15-6-7-16(13(2)11-15)18-9-8-17;/h3-7,10-11H,8-9,17H2,1-2H3;1H. The molecule has 0 aromatic heterocycles. The Morgan fingerprint density at radius 2 is 1.74 bits per heavy atom. The van der Waals surface area contributed by atoms with E-state index in [0.29, 0.717) is 13.2 Å². The zero-order valence-corrected chi connectivity index (χ0v) is 12.2. The van der Waals surface area contributed by atoms with Crippen molar-refractivity contribution in [2.75, 3.05) is 13.2 Å². The average molecular weight is 278 g/mol. The summed E-state index contributed by atoms with van der Waals surface area (Å²) in [6, 6.07) is 14.8. The van der Waals surface area contributed by atoms with Gasteiger partial charge in [0.15, 0.2) is 0 Å². The van der Waals surface area contributed by atoms with E-state index in [9.17, 15) is 0 Å². The molecule has 0 saturated carbocycles. The molecule has 2 aromatic carbocycles.